The van der Waals surface area contributed by atoms with Gasteiger partial charge in [0.2, 0.25) is 0 Å². The Morgan fingerprint density at radius 3 is 2.81 bits per heavy atom. The standard InChI is InChI=1S/C15H21ClFNO2S/c1-2-18-12(8-11-6-7-21(19,20)10-11)9-13-14(16)4-3-5-15(13)17/h3-5,11-12,18H,2,6-10H2,1H3. The Morgan fingerprint density at radius 1 is 1.48 bits per heavy atom. The predicted octanol–water partition coefficient (Wildman–Crippen LogP) is 2.82. The van der Waals surface area contributed by atoms with Crippen LogP contribution in [0.3, 0.4) is 0 Å². The average molecular weight is 334 g/mol. The van der Waals surface area contributed by atoms with Gasteiger partial charge in [-0.25, -0.2) is 12.8 Å². The van der Waals surface area contributed by atoms with Crippen LogP contribution in [0.2, 0.25) is 5.02 Å². The second kappa shape index (κ2) is 7.07. The molecule has 1 aliphatic rings. The summed E-state index contributed by atoms with van der Waals surface area (Å²) in [5.74, 6) is 0.380. The highest BCUT2D eigenvalue weighted by Gasteiger charge is 2.30. The third kappa shape index (κ3) is 4.66. The molecule has 2 rings (SSSR count). The third-order valence-corrected chi connectivity index (χ3v) is 6.14. The minimum absolute atomic E-state index is 0.0442. The molecular weight excluding hydrogens is 313 g/mol. The van der Waals surface area contributed by atoms with E-state index in [1.165, 1.54) is 6.07 Å². The molecule has 21 heavy (non-hydrogen) atoms. The first kappa shape index (κ1) is 16.7. The van der Waals surface area contributed by atoms with Crippen molar-refractivity contribution in [2.75, 3.05) is 18.1 Å². The SMILES string of the molecule is CCNC(Cc1c(F)cccc1Cl)CC1CCS(=O)(=O)C1. The fraction of sp³-hybridized carbons (Fsp3) is 0.600. The summed E-state index contributed by atoms with van der Waals surface area (Å²) >= 11 is 6.07. The van der Waals surface area contributed by atoms with Crippen molar-refractivity contribution < 1.29 is 12.8 Å². The fourth-order valence-corrected chi connectivity index (χ4v) is 5.08. The van der Waals surface area contributed by atoms with Crippen LogP contribution >= 0.6 is 11.6 Å². The molecule has 1 heterocycles. The normalized spacial score (nSPS) is 22.3. The molecule has 1 N–H and O–H groups in total. The molecule has 0 aromatic heterocycles. The second-order valence-electron chi connectivity index (χ2n) is 5.66. The molecule has 1 aromatic rings. The van der Waals surface area contributed by atoms with E-state index < -0.39 is 9.84 Å². The maximum absolute atomic E-state index is 13.9. The van der Waals surface area contributed by atoms with E-state index in [9.17, 15) is 12.8 Å². The largest absolute Gasteiger partial charge is 0.314 e. The average Bonchev–Trinajstić information content (AvgIpc) is 2.73. The van der Waals surface area contributed by atoms with E-state index in [1.807, 2.05) is 6.92 Å². The highest BCUT2D eigenvalue weighted by Crippen LogP contribution is 2.26. The summed E-state index contributed by atoms with van der Waals surface area (Å²) in [7, 11) is -2.87. The molecular formula is C15H21ClFNO2S. The molecule has 0 amide bonds. The molecule has 0 radical (unpaired) electrons. The quantitative estimate of drug-likeness (QED) is 0.870. The molecule has 0 saturated carbocycles. The number of hydrogen-bond donors (Lipinski definition) is 1. The van der Waals surface area contributed by atoms with Crippen molar-refractivity contribution in [1.29, 1.82) is 0 Å². The van der Waals surface area contributed by atoms with Crippen molar-refractivity contribution in [3.05, 3.63) is 34.6 Å². The highest BCUT2D eigenvalue weighted by atomic mass is 35.5. The van der Waals surface area contributed by atoms with Gasteiger partial charge in [0, 0.05) is 16.6 Å². The van der Waals surface area contributed by atoms with Gasteiger partial charge in [-0.3, -0.25) is 0 Å². The topological polar surface area (TPSA) is 46.2 Å². The van der Waals surface area contributed by atoms with Gasteiger partial charge < -0.3 is 5.32 Å². The van der Waals surface area contributed by atoms with Gasteiger partial charge in [0.15, 0.2) is 9.84 Å². The van der Waals surface area contributed by atoms with Crippen molar-refractivity contribution in [1.82, 2.24) is 5.32 Å². The lowest BCUT2D eigenvalue weighted by atomic mass is 9.94. The van der Waals surface area contributed by atoms with Crippen LogP contribution in [-0.2, 0) is 16.3 Å². The first-order chi connectivity index (χ1) is 9.91. The zero-order valence-corrected chi connectivity index (χ0v) is 13.7. The monoisotopic (exact) mass is 333 g/mol. The molecule has 118 valence electrons. The van der Waals surface area contributed by atoms with Crippen LogP contribution in [0.1, 0.15) is 25.3 Å². The van der Waals surface area contributed by atoms with Crippen LogP contribution in [0, 0.1) is 11.7 Å². The van der Waals surface area contributed by atoms with E-state index in [2.05, 4.69) is 5.32 Å². The Hall–Kier alpha value is -0.650. The Balaban J connectivity index is 2.06. The van der Waals surface area contributed by atoms with E-state index in [0.29, 0.717) is 23.4 Å². The summed E-state index contributed by atoms with van der Waals surface area (Å²) in [6.45, 7) is 2.75. The molecule has 1 saturated heterocycles. The molecule has 3 nitrogen and oxygen atoms in total. The van der Waals surface area contributed by atoms with Crippen LogP contribution in [0.4, 0.5) is 4.39 Å². The van der Waals surface area contributed by atoms with Crippen LogP contribution in [0.25, 0.3) is 0 Å². The molecule has 0 bridgehead atoms. The van der Waals surface area contributed by atoms with Crippen molar-refractivity contribution in [3.63, 3.8) is 0 Å². The van der Waals surface area contributed by atoms with Crippen molar-refractivity contribution in [3.8, 4) is 0 Å². The smallest absolute Gasteiger partial charge is 0.150 e. The molecule has 1 aliphatic heterocycles. The van der Waals surface area contributed by atoms with E-state index in [1.54, 1.807) is 12.1 Å². The summed E-state index contributed by atoms with van der Waals surface area (Å²) in [6, 6.07) is 4.72. The Kier molecular flexibility index (Phi) is 5.63. The van der Waals surface area contributed by atoms with Crippen LogP contribution in [-0.4, -0.2) is 32.5 Å². The van der Waals surface area contributed by atoms with Crippen molar-refractivity contribution >= 4 is 21.4 Å². The summed E-state index contributed by atoms with van der Waals surface area (Å²) < 4.78 is 37.0. The highest BCUT2D eigenvalue weighted by molar-refractivity contribution is 7.91. The van der Waals surface area contributed by atoms with Gasteiger partial charge in [0.1, 0.15) is 5.82 Å². The molecule has 1 aromatic carbocycles. The number of rotatable bonds is 6. The van der Waals surface area contributed by atoms with Crippen LogP contribution in [0.5, 0.6) is 0 Å². The number of hydrogen-bond acceptors (Lipinski definition) is 3. The number of sulfone groups is 1. The van der Waals surface area contributed by atoms with Gasteiger partial charge in [-0.05, 0) is 43.9 Å². The molecule has 0 spiro atoms. The first-order valence-electron chi connectivity index (χ1n) is 7.28. The molecule has 6 heteroatoms. The maximum Gasteiger partial charge on any atom is 0.150 e. The lowest BCUT2D eigenvalue weighted by Crippen LogP contribution is -2.33. The van der Waals surface area contributed by atoms with E-state index >= 15 is 0 Å². The lowest BCUT2D eigenvalue weighted by molar-refractivity contribution is 0.405. The molecule has 0 aliphatic carbocycles. The van der Waals surface area contributed by atoms with E-state index in [-0.39, 0.29) is 29.3 Å². The summed E-state index contributed by atoms with van der Waals surface area (Å²) in [5, 5.41) is 3.75. The minimum atomic E-state index is -2.87. The van der Waals surface area contributed by atoms with E-state index in [4.69, 9.17) is 11.6 Å². The lowest BCUT2D eigenvalue weighted by Gasteiger charge is -2.21. The number of benzene rings is 1. The predicted molar refractivity (Wildman–Crippen MR) is 84.0 cm³/mol. The van der Waals surface area contributed by atoms with Crippen molar-refractivity contribution in [2.45, 2.75) is 32.2 Å². The number of nitrogens with one attached hydrogen (secondary N) is 1. The summed E-state index contributed by atoms with van der Waals surface area (Å²) in [6.07, 6.45) is 1.92. The Bertz CT molecular complexity index is 571. The number of halogens is 2. The van der Waals surface area contributed by atoms with Crippen LogP contribution < -0.4 is 5.32 Å². The minimum Gasteiger partial charge on any atom is -0.314 e. The third-order valence-electron chi connectivity index (χ3n) is 3.95. The Morgan fingerprint density at radius 2 is 2.24 bits per heavy atom. The van der Waals surface area contributed by atoms with Gasteiger partial charge >= 0.3 is 0 Å². The summed E-state index contributed by atoms with van der Waals surface area (Å²) in [5.41, 5.74) is 0.506. The Labute approximate surface area is 130 Å². The maximum atomic E-state index is 13.9. The van der Waals surface area contributed by atoms with E-state index in [0.717, 1.165) is 13.0 Å². The zero-order chi connectivity index (χ0) is 15.5. The summed E-state index contributed by atoms with van der Waals surface area (Å²) in [4.78, 5) is 0. The van der Waals surface area contributed by atoms with Gasteiger partial charge in [-0.1, -0.05) is 24.6 Å². The van der Waals surface area contributed by atoms with Gasteiger partial charge in [-0.15, -0.1) is 0 Å². The number of likely N-dealkylation sites (N-methyl/N-ethyl adjacent to an activating group) is 1. The molecule has 2 atom stereocenters. The van der Waals surface area contributed by atoms with Gasteiger partial charge in [0.25, 0.3) is 0 Å². The van der Waals surface area contributed by atoms with Crippen LogP contribution in [0.15, 0.2) is 18.2 Å². The first-order valence-corrected chi connectivity index (χ1v) is 9.48. The molecule has 1 fully saturated rings. The van der Waals surface area contributed by atoms with Gasteiger partial charge in [-0.2, -0.15) is 0 Å². The van der Waals surface area contributed by atoms with Crippen molar-refractivity contribution in [2.24, 2.45) is 5.92 Å². The fourth-order valence-electron chi connectivity index (χ4n) is 2.96. The second-order valence-corrected chi connectivity index (χ2v) is 8.30. The van der Waals surface area contributed by atoms with Gasteiger partial charge in [0.05, 0.1) is 11.5 Å². The zero-order valence-electron chi connectivity index (χ0n) is 12.1. The molecule has 2 unspecified atom stereocenters.